The van der Waals surface area contributed by atoms with Crippen LogP contribution in [-0.2, 0) is 6.42 Å². The lowest BCUT2D eigenvalue weighted by Gasteiger charge is -2.11. The molecule has 0 aliphatic heterocycles. The minimum Gasteiger partial charge on any atom is -0.347 e. The summed E-state index contributed by atoms with van der Waals surface area (Å²) in [7, 11) is 3.71. The van der Waals surface area contributed by atoms with Gasteiger partial charge in [-0.1, -0.05) is 25.1 Å². The number of hydrogen-bond donors (Lipinski definition) is 1. The maximum Gasteiger partial charge on any atom is 0.258 e. The minimum absolute atomic E-state index is 0.198. The van der Waals surface area contributed by atoms with E-state index in [4.69, 9.17) is 0 Å². The molecule has 20 heavy (non-hydrogen) atoms. The number of carbonyl (C=O) groups excluding carboxylic acids is 1. The van der Waals surface area contributed by atoms with Gasteiger partial charge in [-0.2, -0.15) is 0 Å². The van der Waals surface area contributed by atoms with Crippen molar-refractivity contribution in [2.24, 2.45) is 0 Å². The predicted molar refractivity (Wildman–Crippen MR) is 80.1 cm³/mol. The molecule has 1 heterocycles. The molecular formula is C15H18N4O. The van der Waals surface area contributed by atoms with Gasteiger partial charge in [-0.3, -0.25) is 4.79 Å². The van der Waals surface area contributed by atoms with E-state index in [1.54, 1.807) is 4.90 Å². The standard InChI is InChI=1S/C15H18N4O/c1-4-11-7-5-6-8-13(11)18-14(20)12-9-16-15(17-10-12)19(2)3/h5-10H,4H2,1-3H3,(H,18,20). The number of nitrogens with one attached hydrogen (secondary N) is 1. The van der Waals surface area contributed by atoms with Crippen molar-refractivity contribution in [2.75, 3.05) is 24.3 Å². The molecule has 104 valence electrons. The number of anilines is 2. The molecule has 0 aliphatic rings. The molecule has 0 radical (unpaired) electrons. The Morgan fingerprint density at radius 1 is 1.20 bits per heavy atom. The van der Waals surface area contributed by atoms with Gasteiger partial charge < -0.3 is 10.2 Å². The number of benzene rings is 1. The second-order valence-corrected chi connectivity index (χ2v) is 4.63. The molecule has 0 spiro atoms. The van der Waals surface area contributed by atoms with Gasteiger partial charge in [0, 0.05) is 32.2 Å². The molecule has 0 fully saturated rings. The average molecular weight is 270 g/mol. The van der Waals surface area contributed by atoms with Crippen LogP contribution < -0.4 is 10.2 Å². The highest BCUT2D eigenvalue weighted by Crippen LogP contribution is 2.16. The van der Waals surface area contributed by atoms with E-state index in [1.165, 1.54) is 12.4 Å². The lowest BCUT2D eigenvalue weighted by molar-refractivity contribution is 0.102. The average Bonchev–Trinajstić information content (AvgIpc) is 2.48. The van der Waals surface area contributed by atoms with E-state index in [1.807, 2.05) is 38.4 Å². The zero-order chi connectivity index (χ0) is 14.5. The summed E-state index contributed by atoms with van der Waals surface area (Å²) in [6.45, 7) is 2.06. The number of carbonyl (C=O) groups is 1. The van der Waals surface area contributed by atoms with Crippen LogP contribution in [0, 0.1) is 0 Å². The van der Waals surface area contributed by atoms with Gasteiger partial charge in [0.25, 0.3) is 5.91 Å². The normalized spacial score (nSPS) is 10.2. The predicted octanol–water partition coefficient (Wildman–Crippen LogP) is 2.36. The first-order chi connectivity index (χ1) is 9.61. The lowest BCUT2D eigenvalue weighted by Crippen LogP contribution is -2.16. The number of rotatable bonds is 4. The van der Waals surface area contributed by atoms with Gasteiger partial charge in [0.05, 0.1) is 5.56 Å². The Labute approximate surface area is 118 Å². The fourth-order valence-corrected chi connectivity index (χ4v) is 1.81. The maximum atomic E-state index is 12.2. The molecule has 0 atom stereocenters. The van der Waals surface area contributed by atoms with Crippen molar-refractivity contribution in [2.45, 2.75) is 13.3 Å². The Kier molecular flexibility index (Phi) is 4.30. The van der Waals surface area contributed by atoms with Crippen molar-refractivity contribution in [3.8, 4) is 0 Å². The zero-order valence-electron chi connectivity index (χ0n) is 11.9. The van der Waals surface area contributed by atoms with E-state index < -0.39 is 0 Å². The van der Waals surface area contributed by atoms with Crippen LogP contribution in [0.5, 0.6) is 0 Å². The Balaban J connectivity index is 2.15. The molecule has 1 aromatic heterocycles. The number of aryl methyl sites for hydroxylation is 1. The molecule has 1 amide bonds. The van der Waals surface area contributed by atoms with Gasteiger partial charge in [-0.15, -0.1) is 0 Å². The number of hydrogen-bond acceptors (Lipinski definition) is 4. The van der Waals surface area contributed by atoms with Crippen molar-refractivity contribution in [3.05, 3.63) is 47.8 Å². The topological polar surface area (TPSA) is 58.1 Å². The minimum atomic E-state index is -0.198. The van der Waals surface area contributed by atoms with Crippen LogP contribution in [0.25, 0.3) is 0 Å². The third kappa shape index (κ3) is 3.12. The van der Waals surface area contributed by atoms with Gasteiger partial charge in [0.1, 0.15) is 0 Å². The summed E-state index contributed by atoms with van der Waals surface area (Å²) in [6, 6.07) is 7.76. The van der Waals surface area contributed by atoms with Gasteiger partial charge in [0.15, 0.2) is 0 Å². The molecule has 0 saturated heterocycles. The Bertz CT molecular complexity index is 593. The SMILES string of the molecule is CCc1ccccc1NC(=O)c1cnc(N(C)C)nc1. The van der Waals surface area contributed by atoms with Crippen LogP contribution in [0.2, 0.25) is 0 Å². The second-order valence-electron chi connectivity index (χ2n) is 4.63. The quantitative estimate of drug-likeness (QED) is 0.926. The molecule has 5 nitrogen and oxygen atoms in total. The van der Waals surface area contributed by atoms with E-state index in [0.717, 1.165) is 17.7 Å². The van der Waals surface area contributed by atoms with Crippen LogP contribution in [0.1, 0.15) is 22.8 Å². The van der Waals surface area contributed by atoms with Gasteiger partial charge in [0.2, 0.25) is 5.95 Å². The van der Waals surface area contributed by atoms with Crippen molar-refractivity contribution >= 4 is 17.5 Å². The van der Waals surface area contributed by atoms with E-state index in [-0.39, 0.29) is 5.91 Å². The summed E-state index contributed by atoms with van der Waals surface area (Å²) < 4.78 is 0. The first-order valence-corrected chi connectivity index (χ1v) is 6.50. The van der Waals surface area contributed by atoms with E-state index in [0.29, 0.717) is 11.5 Å². The number of para-hydroxylation sites is 1. The molecule has 1 aromatic carbocycles. The third-order valence-corrected chi connectivity index (χ3v) is 2.95. The maximum absolute atomic E-state index is 12.2. The molecular weight excluding hydrogens is 252 g/mol. The smallest absolute Gasteiger partial charge is 0.258 e. The number of nitrogens with zero attached hydrogens (tertiary/aromatic N) is 3. The van der Waals surface area contributed by atoms with Crippen molar-refractivity contribution in [1.29, 1.82) is 0 Å². The number of aromatic nitrogens is 2. The summed E-state index contributed by atoms with van der Waals surface area (Å²) in [5.41, 5.74) is 2.38. The van der Waals surface area contributed by atoms with E-state index in [2.05, 4.69) is 22.2 Å². The molecule has 0 bridgehead atoms. The Hall–Kier alpha value is -2.43. The van der Waals surface area contributed by atoms with Crippen LogP contribution in [0.4, 0.5) is 11.6 Å². The Morgan fingerprint density at radius 2 is 1.85 bits per heavy atom. The summed E-state index contributed by atoms with van der Waals surface area (Å²) in [4.78, 5) is 22.2. The molecule has 2 rings (SSSR count). The molecule has 5 heteroatoms. The van der Waals surface area contributed by atoms with Gasteiger partial charge in [-0.25, -0.2) is 9.97 Å². The third-order valence-electron chi connectivity index (χ3n) is 2.95. The fraction of sp³-hybridized carbons (Fsp3) is 0.267. The summed E-state index contributed by atoms with van der Waals surface area (Å²) in [6.07, 6.45) is 3.94. The monoisotopic (exact) mass is 270 g/mol. The zero-order valence-corrected chi connectivity index (χ0v) is 11.9. The molecule has 1 N–H and O–H groups in total. The van der Waals surface area contributed by atoms with Crippen molar-refractivity contribution in [3.63, 3.8) is 0 Å². The van der Waals surface area contributed by atoms with Crippen LogP contribution >= 0.6 is 0 Å². The lowest BCUT2D eigenvalue weighted by atomic mass is 10.1. The van der Waals surface area contributed by atoms with Crippen LogP contribution in [0.15, 0.2) is 36.7 Å². The fourth-order valence-electron chi connectivity index (χ4n) is 1.81. The molecule has 0 saturated carbocycles. The molecule has 2 aromatic rings. The highest BCUT2D eigenvalue weighted by Gasteiger charge is 2.10. The number of amides is 1. The van der Waals surface area contributed by atoms with Crippen LogP contribution in [-0.4, -0.2) is 30.0 Å². The highest BCUT2D eigenvalue weighted by molar-refractivity contribution is 6.04. The van der Waals surface area contributed by atoms with E-state index in [9.17, 15) is 4.79 Å². The molecule has 0 aliphatic carbocycles. The first kappa shape index (κ1) is 14.0. The molecule has 0 unspecified atom stereocenters. The van der Waals surface area contributed by atoms with Gasteiger partial charge >= 0.3 is 0 Å². The highest BCUT2D eigenvalue weighted by atomic mass is 16.1. The summed E-state index contributed by atoms with van der Waals surface area (Å²) in [5, 5.41) is 2.89. The summed E-state index contributed by atoms with van der Waals surface area (Å²) >= 11 is 0. The van der Waals surface area contributed by atoms with Crippen LogP contribution in [0.3, 0.4) is 0 Å². The first-order valence-electron chi connectivity index (χ1n) is 6.50. The van der Waals surface area contributed by atoms with E-state index >= 15 is 0 Å². The van der Waals surface area contributed by atoms with Crippen molar-refractivity contribution in [1.82, 2.24) is 9.97 Å². The summed E-state index contributed by atoms with van der Waals surface area (Å²) in [5.74, 6) is 0.381. The van der Waals surface area contributed by atoms with Gasteiger partial charge in [-0.05, 0) is 18.1 Å². The van der Waals surface area contributed by atoms with Crippen molar-refractivity contribution < 1.29 is 4.79 Å². The largest absolute Gasteiger partial charge is 0.347 e. The Morgan fingerprint density at radius 3 is 2.45 bits per heavy atom. The second kappa shape index (κ2) is 6.14.